The average Bonchev–Trinajstić information content (AvgIpc) is 2.71. The van der Waals surface area contributed by atoms with E-state index in [-0.39, 0.29) is 11.3 Å². The summed E-state index contributed by atoms with van der Waals surface area (Å²) in [6.07, 6.45) is 4.60. The minimum atomic E-state index is 0.0551. The predicted molar refractivity (Wildman–Crippen MR) is 82.6 cm³/mol. The second-order valence-electron chi connectivity index (χ2n) is 6.48. The van der Waals surface area contributed by atoms with Gasteiger partial charge in [0.1, 0.15) is 5.56 Å². The minimum absolute atomic E-state index is 0.0551. The Morgan fingerprint density at radius 2 is 2.19 bits per heavy atom. The first-order valence-electron chi connectivity index (χ1n) is 7.78. The van der Waals surface area contributed by atoms with E-state index in [1.165, 1.54) is 12.8 Å². The molecule has 1 fully saturated rings. The monoisotopic (exact) mass is 293 g/mol. The van der Waals surface area contributed by atoms with Crippen molar-refractivity contribution in [3.05, 3.63) is 11.3 Å². The third kappa shape index (κ3) is 3.06. The van der Waals surface area contributed by atoms with E-state index in [2.05, 4.69) is 18.9 Å². The first kappa shape index (κ1) is 15.9. The highest BCUT2D eigenvalue weighted by Gasteiger charge is 2.35. The van der Waals surface area contributed by atoms with E-state index in [0.717, 1.165) is 31.6 Å². The Balaban J connectivity index is 2.24. The van der Waals surface area contributed by atoms with Crippen LogP contribution in [0, 0.1) is 12.3 Å². The smallest absolute Gasteiger partial charge is 0.261 e. The van der Waals surface area contributed by atoms with Crippen molar-refractivity contribution in [2.75, 3.05) is 20.2 Å². The lowest BCUT2D eigenvalue weighted by molar-refractivity contribution is 0.0526. The summed E-state index contributed by atoms with van der Waals surface area (Å²) in [5, 5.41) is 4.31. The number of nitrogens with zero attached hydrogens (tertiary/aromatic N) is 3. The van der Waals surface area contributed by atoms with Crippen molar-refractivity contribution in [2.24, 2.45) is 12.5 Å². The van der Waals surface area contributed by atoms with Gasteiger partial charge in [0, 0.05) is 20.1 Å². The van der Waals surface area contributed by atoms with Crippen molar-refractivity contribution < 1.29 is 9.53 Å². The second kappa shape index (κ2) is 6.08. The quantitative estimate of drug-likeness (QED) is 0.857. The van der Waals surface area contributed by atoms with E-state index in [1.807, 2.05) is 11.8 Å². The summed E-state index contributed by atoms with van der Waals surface area (Å²) in [5.74, 6) is 0.611. The summed E-state index contributed by atoms with van der Waals surface area (Å²) in [6.45, 7) is 8.03. The van der Waals surface area contributed by atoms with Crippen LogP contribution in [-0.2, 0) is 7.05 Å². The summed E-state index contributed by atoms with van der Waals surface area (Å²) < 4.78 is 7.00. The second-order valence-corrected chi connectivity index (χ2v) is 6.48. The van der Waals surface area contributed by atoms with Gasteiger partial charge in [0.15, 0.2) is 0 Å². The molecule has 1 aliphatic heterocycles. The summed E-state index contributed by atoms with van der Waals surface area (Å²) in [7, 11) is 3.39. The Hall–Kier alpha value is -1.52. The molecule has 5 heteroatoms. The number of carbonyl (C=O) groups is 1. The Labute approximate surface area is 127 Å². The highest BCUT2D eigenvalue weighted by molar-refractivity contribution is 5.97. The van der Waals surface area contributed by atoms with Gasteiger partial charge in [-0.3, -0.25) is 4.79 Å². The van der Waals surface area contributed by atoms with Gasteiger partial charge >= 0.3 is 0 Å². The summed E-state index contributed by atoms with van der Waals surface area (Å²) in [6, 6.07) is 0. The molecule has 1 aliphatic rings. The van der Waals surface area contributed by atoms with Crippen LogP contribution >= 0.6 is 0 Å². The van der Waals surface area contributed by atoms with Gasteiger partial charge in [-0.25, -0.2) is 4.68 Å². The van der Waals surface area contributed by atoms with E-state index in [9.17, 15) is 4.79 Å². The molecule has 1 atom stereocenters. The zero-order valence-corrected chi connectivity index (χ0v) is 13.9. The number of hydrogen-bond acceptors (Lipinski definition) is 3. The van der Waals surface area contributed by atoms with Crippen LogP contribution in [0.25, 0.3) is 0 Å². The number of rotatable bonds is 4. The first-order valence-corrected chi connectivity index (χ1v) is 7.78. The van der Waals surface area contributed by atoms with Crippen LogP contribution in [0.15, 0.2) is 0 Å². The molecule has 0 unspecified atom stereocenters. The average molecular weight is 293 g/mol. The zero-order valence-electron chi connectivity index (χ0n) is 13.9. The van der Waals surface area contributed by atoms with Gasteiger partial charge in [-0.2, -0.15) is 5.10 Å². The van der Waals surface area contributed by atoms with Crippen LogP contribution < -0.4 is 4.74 Å². The molecule has 21 heavy (non-hydrogen) atoms. The molecule has 0 saturated carbocycles. The molecule has 2 heterocycles. The molecule has 0 spiro atoms. The van der Waals surface area contributed by atoms with Crippen LogP contribution in [0.1, 0.15) is 55.6 Å². The maximum atomic E-state index is 12.9. The molecule has 2 rings (SSSR count). The lowest BCUT2D eigenvalue weighted by Gasteiger charge is -2.40. The van der Waals surface area contributed by atoms with E-state index in [1.54, 1.807) is 18.8 Å². The SMILES string of the molecule is CCC[C@@]1(C)CCCN(C(=O)c2c(C)nn(C)c2OC)C1. The third-order valence-electron chi connectivity index (χ3n) is 4.50. The Morgan fingerprint density at radius 3 is 2.81 bits per heavy atom. The lowest BCUT2D eigenvalue weighted by atomic mass is 9.78. The minimum Gasteiger partial charge on any atom is -0.481 e. The number of piperidine rings is 1. The maximum Gasteiger partial charge on any atom is 0.261 e. The molecule has 0 aliphatic carbocycles. The molecular formula is C16H27N3O2. The Kier molecular flexibility index (Phi) is 4.59. The Morgan fingerprint density at radius 1 is 1.48 bits per heavy atom. The fourth-order valence-corrected chi connectivity index (χ4v) is 3.57. The van der Waals surface area contributed by atoms with Crippen LogP contribution in [0.4, 0.5) is 0 Å². The van der Waals surface area contributed by atoms with Crippen molar-refractivity contribution >= 4 is 5.91 Å². The standard InChI is InChI=1S/C16H27N3O2/c1-6-8-16(3)9-7-10-19(11-16)14(20)13-12(2)17-18(4)15(13)21-5/h6-11H2,1-5H3/t16-/m0/s1. The summed E-state index contributed by atoms with van der Waals surface area (Å²) in [5.41, 5.74) is 1.59. The Bertz CT molecular complexity index is 520. The van der Waals surface area contributed by atoms with Gasteiger partial charge in [-0.15, -0.1) is 0 Å². The molecule has 0 bridgehead atoms. The molecule has 0 N–H and O–H groups in total. The van der Waals surface area contributed by atoms with Gasteiger partial charge in [0.25, 0.3) is 5.91 Å². The highest BCUT2D eigenvalue weighted by atomic mass is 16.5. The van der Waals surface area contributed by atoms with Crippen LogP contribution in [0.5, 0.6) is 5.88 Å². The highest BCUT2D eigenvalue weighted by Crippen LogP contribution is 2.35. The number of methoxy groups -OCH3 is 1. The number of aromatic nitrogens is 2. The summed E-state index contributed by atoms with van der Waals surface area (Å²) in [4.78, 5) is 14.9. The van der Waals surface area contributed by atoms with Crippen LogP contribution in [-0.4, -0.2) is 40.8 Å². The largest absolute Gasteiger partial charge is 0.481 e. The number of hydrogen-bond donors (Lipinski definition) is 0. The van der Waals surface area contributed by atoms with Crippen LogP contribution in [0.3, 0.4) is 0 Å². The normalized spacial score (nSPS) is 22.4. The van der Waals surface area contributed by atoms with Crippen molar-refractivity contribution in [2.45, 2.75) is 46.5 Å². The van der Waals surface area contributed by atoms with Gasteiger partial charge < -0.3 is 9.64 Å². The molecule has 1 aromatic heterocycles. The van der Waals surface area contributed by atoms with E-state index < -0.39 is 0 Å². The van der Waals surface area contributed by atoms with Gasteiger partial charge in [0.05, 0.1) is 12.8 Å². The van der Waals surface area contributed by atoms with Crippen molar-refractivity contribution in [1.82, 2.24) is 14.7 Å². The molecule has 1 amide bonds. The molecule has 1 aromatic rings. The predicted octanol–water partition coefficient (Wildman–Crippen LogP) is 2.78. The van der Waals surface area contributed by atoms with Gasteiger partial charge in [0.2, 0.25) is 5.88 Å². The lowest BCUT2D eigenvalue weighted by Crippen LogP contribution is -2.45. The van der Waals surface area contributed by atoms with Crippen molar-refractivity contribution in [3.63, 3.8) is 0 Å². The van der Waals surface area contributed by atoms with Crippen molar-refractivity contribution in [1.29, 1.82) is 0 Å². The zero-order chi connectivity index (χ0) is 15.6. The van der Waals surface area contributed by atoms with E-state index >= 15 is 0 Å². The molecule has 118 valence electrons. The molecule has 5 nitrogen and oxygen atoms in total. The molecular weight excluding hydrogens is 266 g/mol. The number of carbonyl (C=O) groups excluding carboxylic acids is 1. The number of amides is 1. The summed E-state index contributed by atoms with van der Waals surface area (Å²) >= 11 is 0. The molecule has 0 radical (unpaired) electrons. The third-order valence-corrected chi connectivity index (χ3v) is 4.50. The first-order chi connectivity index (χ1) is 9.91. The van der Waals surface area contributed by atoms with E-state index in [0.29, 0.717) is 11.4 Å². The fraction of sp³-hybridized carbons (Fsp3) is 0.750. The molecule has 0 aromatic carbocycles. The van der Waals surface area contributed by atoms with Crippen LogP contribution in [0.2, 0.25) is 0 Å². The number of aryl methyl sites for hydroxylation is 2. The molecule has 1 saturated heterocycles. The topological polar surface area (TPSA) is 47.4 Å². The van der Waals surface area contributed by atoms with Gasteiger partial charge in [-0.05, 0) is 31.6 Å². The maximum absolute atomic E-state index is 12.9. The fourth-order valence-electron chi connectivity index (χ4n) is 3.57. The van der Waals surface area contributed by atoms with Crippen molar-refractivity contribution in [3.8, 4) is 5.88 Å². The van der Waals surface area contributed by atoms with Gasteiger partial charge in [-0.1, -0.05) is 20.3 Å². The van der Waals surface area contributed by atoms with E-state index in [4.69, 9.17) is 4.74 Å². The number of ether oxygens (including phenoxy) is 1. The number of likely N-dealkylation sites (tertiary alicyclic amines) is 1.